The summed E-state index contributed by atoms with van der Waals surface area (Å²) in [5.74, 6) is 0.849. The van der Waals surface area contributed by atoms with Gasteiger partial charge in [0, 0.05) is 15.9 Å². The third kappa shape index (κ3) is 3.12. The molecule has 28 heavy (non-hydrogen) atoms. The van der Waals surface area contributed by atoms with Crippen LogP contribution in [-0.2, 0) is 9.53 Å². The first-order chi connectivity index (χ1) is 13.5. The Balaban J connectivity index is 1.86. The van der Waals surface area contributed by atoms with Crippen LogP contribution in [0.4, 0.5) is 5.69 Å². The van der Waals surface area contributed by atoms with E-state index in [1.54, 1.807) is 0 Å². The van der Waals surface area contributed by atoms with Gasteiger partial charge in [-0.1, -0.05) is 34.1 Å². The van der Waals surface area contributed by atoms with Crippen molar-refractivity contribution in [2.75, 3.05) is 18.8 Å². The Morgan fingerprint density at radius 3 is 2.61 bits per heavy atom. The number of nitrogens with one attached hydrogen (secondary N) is 1. The van der Waals surface area contributed by atoms with Crippen LogP contribution in [0.25, 0.3) is 0 Å². The van der Waals surface area contributed by atoms with Crippen LogP contribution in [-0.4, -0.2) is 25.0 Å². The van der Waals surface area contributed by atoms with Crippen molar-refractivity contribution in [2.45, 2.75) is 13.0 Å². The zero-order valence-electron chi connectivity index (χ0n) is 15.2. The van der Waals surface area contributed by atoms with E-state index in [2.05, 4.69) is 21.2 Å². The zero-order chi connectivity index (χ0) is 19.8. The summed E-state index contributed by atoms with van der Waals surface area (Å²) in [7, 11) is 1.37. The van der Waals surface area contributed by atoms with Crippen molar-refractivity contribution in [3.05, 3.63) is 63.8 Å². The predicted molar refractivity (Wildman–Crippen MR) is 112 cm³/mol. The number of anilines is 1. The molecule has 0 fully saturated rings. The molecule has 0 radical (unpaired) electrons. The van der Waals surface area contributed by atoms with Gasteiger partial charge < -0.3 is 19.5 Å². The lowest BCUT2D eigenvalue weighted by atomic mass is 9.94. The molecule has 2 aromatic carbocycles. The van der Waals surface area contributed by atoms with E-state index >= 15 is 0 Å². The summed E-state index contributed by atoms with van der Waals surface area (Å²) >= 11 is 9.22. The van der Waals surface area contributed by atoms with Crippen molar-refractivity contribution in [2.24, 2.45) is 0 Å². The number of thiocarbonyl (C=S) groups is 1. The fraction of sp³-hybridized carbons (Fsp3) is 0.200. The smallest absolute Gasteiger partial charge is 0.337 e. The van der Waals surface area contributed by atoms with Crippen molar-refractivity contribution in [3.63, 3.8) is 0 Å². The van der Waals surface area contributed by atoms with Crippen molar-refractivity contribution < 1.29 is 19.0 Å². The van der Waals surface area contributed by atoms with Crippen molar-refractivity contribution in [1.82, 2.24) is 5.32 Å². The number of nitrogens with zero attached hydrogens (tertiary/aromatic N) is 1. The van der Waals surface area contributed by atoms with Crippen LogP contribution in [0.5, 0.6) is 11.5 Å². The monoisotopic (exact) mass is 460 g/mol. The Morgan fingerprint density at radius 1 is 1.25 bits per heavy atom. The van der Waals surface area contributed by atoms with Crippen molar-refractivity contribution in [1.29, 1.82) is 0 Å². The molecule has 0 amide bonds. The van der Waals surface area contributed by atoms with Crippen LogP contribution < -0.4 is 19.7 Å². The lowest BCUT2D eigenvalue weighted by Crippen LogP contribution is -2.48. The summed E-state index contributed by atoms with van der Waals surface area (Å²) < 4.78 is 16.8. The summed E-state index contributed by atoms with van der Waals surface area (Å²) in [4.78, 5) is 14.6. The SMILES string of the molecule is COC(=O)C1=C(C)N(c2ccccc2)C(=S)N[C@H]1c1cc2c(cc1Br)OCO2. The van der Waals surface area contributed by atoms with Crippen molar-refractivity contribution in [3.8, 4) is 11.5 Å². The van der Waals surface area contributed by atoms with E-state index in [-0.39, 0.29) is 6.79 Å². The normalized spacial score (nSPS) is 18.2. The second-order valence-electron chi connectivity index (χ2n) is 6.27. The molecule has 0 saturated heterocycles. The van der Waals surface area contributed by atoms with Gasteiger partial charge in [-0.3, -0.25) is 4.90 Å². The number of methoxy groups -OCH3 is 1. The number of halogens is 1. The predicted octanol–water partition coefficient (Wildman–Crippen LogP) is 4.06. The highest BCUT2D eigenvalue weighted by Crippen LogP contribution is 2.43. The van der Waals surface area contributed by atoms with Gasteiger partial charge in [0.1, 0.15) is 0 Å². The molecule has 1 N–H and O–H groups in total. The van der Waals surface area contributed by atoms with E-state index in [9.17, 15) is 4.79 Å². The summed E-state index contributed by atoms with van der Waals surface area (Å²) in [5.41, 5.74) is 2.84. The van der Waals surface area contributed by atoms with Crippen LogP contribution in [0.15, 0.2) is 58.2 Å². The molecule has 6 nitrogen and oxygen atoms in total. The fourth-order valence-corrected chi connectivity index (χ4v) is 4.30. The minimum atomic E-state index is -0.496. The third-order valence-electron chi connectivity index (χ3n) is 4.71. The van der Waals surface area contributed by atoms with Crippen LogP contribution in [0, 0.1) is 0 Å². The van der Waals surface area contributed by atoms with Gasteiger partial charge in [0.15, 0.2) is 16.6 Å². The number of ether oxygens (including phenoxy) is 3. The van der Waals surface area contributed by atoms with Crippen LogP contribution in [0.2, 0.25) is 0 Å². The molecule has 0 saturated carbocycles. The summed E-state index contributed by atoms with van der Waals surface area (Å²) in [6.45, 7) is 2.03. The molecule has 2 aliphatic heterocycles. The summed E-state index contributed by atoms with van der Waals surface area (Å²) in [6, 6.07) is 12.8. The molecule has 4 rings (SSSR count). The molecule has 144 valence electrons. The Bertz CT molecular complexity index is 993. The van der Waals surface area contributed by atoms with E-state index < -0.39 is 12.0 Å². The number of para-hydroxylation sites is 1. The van der Waals surface area contributed by atoms with E-state index in [4.69, 9.17) is 26.4 Å². The first-order valence-corrected chi connectivity index (χ1v) is 9.75. The number of benzene rings is 2. The molecule has 8 heteroatoms. The number of carbonyl (C=O) groups is 1. The number of hydrogen-bond acceptors (Lipinski definition) is 5. The Labute approximate surface area is 176 Å². The summed E-state index contributed by atoms with van der Waals surface area (Å²) in [6.07, 6.45) is 0. The van der Waals surface area contributed by atoms with Gasteiger partial charge in [-0.15, -0.1) is 0 Å². The van der Waals surface area contributed by atoms with Crippen LogP contribution in [0.3, 0.4) is 0 Å². The van der Waals surface area contributed by atoms with E-state index in [0.717, 1.165) is 15.7 Å². The lowest BCUT2D eigenvalue weighted by Gasteiger charge is -2.37. The molecule has 2 heterocycles. The third-order valence-corrected chi connectivity index (χ3v) is 5.69. The van der Waals surface area contributed by atoms with Gasteiger partial charge in [-0.25, -0.2) is 4.79 Å². The maximum Gasteiger partial charge on any atom is 0.337 e. The molecule has 0 bridgehead atoms. The summed E-state index contributed by atoms with van der Waals surface area (Å²) in [5, 5.41) is 3.77. The van der Waals surface area contributed by atoms with Crippen molar-refractivity contribution >= 4 is 44.9 Å². The maximum absolute atomic E-state index is 12.7. The molecule has 2 aromatic rings. The lowest BCUT2D eigenvalue weighted by molar-refractivity contribution is -0.136. The van der Waals surface area contributed by atoms with Gasteiger partial charge >= 0.3 is 5.97 Å². The van der Waals surface area contributed by atoms with E-state index in [1.165, 1.54) is 7.11 Å². The average molecular weight is 461 g/mol. The highest BCUT2D eigenvalue weighted by molar-refractivity contribution is 9.10. The van der Waals surface area contributed by atoms with Gasteiger partial charge in [0.05, 0.1) is 18.7 Å². The molecule has 0 spiro atoms. The Morgan fingerprint density at radius 2 is 1.93 bits per heavy atom. The second-order valence-corrected chi connectivity index (χ2v) is 7.51. The maximum atomic E-state index is 12.7. The number of esters is 1. The van der Waals surface area contributed by atoms with Gasteiger partial charge in [-0.05, 0) is 49.0 Å². The molecule has 2 aliphatic rings. The molecule has 0 unspecified atom stereocenters. The molecule has 1 atom stereocenters. The zero-order valence-corrected chi connectivity index (χ0v) is 17.6. The Kier molecular flexibility index (Phi) is 4.99. The first-order valence-electron chi connectivity index (χ1n) is 8.55. The van der Waals surface area contributed by atoms with Gasteiger partial charge in [0.25, 0.3) is 0 Å². The van der Waals surface area contributed by atoms with Gasteiger partial charge in [0.2, 0.25) is 6.79 Å². The molecular weight excluding hydrogens is 444 g/mol. The topological polar surface area (TPSA) is 60.0 Å². The molecule has 0 aliphatic carbocycles. The fourth-order valence-electron chi connectivity index (χ4n) is 3.39. The quantitative estimate of drug-likeness (QED) is 0.547. The average Bonchev–Trinajstić information content (AvgIpc) is 3.14. The molecule has 0 aromatic heterocycles. The Hall–Kier alpha value is -2.58. The standard InChI is InChI=1S/C20H17BrN2O4S/c1-11-17(19(24)25-2)18(13-8-15-16(9-14(13)21)27-10-26-15)22-20(28)23(11)12-6-4-3-5-7-12/h3-9,18H,10H2,1-2H3,(H,22,28)/t18-/m0/s1. The van der Waals surface area contributed by atoms with Crippen LogP contribution >= 0.6 is 28.1 Å². The highest BCUT2D eigenvalue weighted by atomic mass is 79.9. The van der Waals surface area contributed by atoms with E-state index in [1.807, 2.05) is 54.3 Å². The molecular formula is C20H17BrN2O4S. The number of hydrogen-bond donors (Lipinski definition) is 1. The minimum Gasteiger partial charge on any atom is -0.466 e. The van der Waals surface area contributed by atoms with E-state index in [0.29, 0.717) is 27.9 Å². The largest absolute Gasteiger partial charge is 0.466 e. The minimum absolute atomic E-state index is 0.169. The highest BCUT2D eigenvalue weighted by Gasteiger charge is 2.37. The first kappa shape index (κ1) is 18.8. The number of carbonyl (C=O) groups excluding carboxylic acids is 1. The second kappa shape index (κ2) is 7.44. The van der Waals surface area contributed by atoms with Crippen LogP contribution in [0.1, 0.15) is 18.5 Å². The number of rotatable bonds is 3. The number of fused-ring (bicyclic) bond motifs is 1. The number of allylic oxidation sites excluding steroid dienone is 1. The van der Waals surface area contributed by atoms with Gasteiger partial charge in [-0.2, -0.15) is 0 Å².